The fourth-order valence-electron chi connectivity index (χ4n) is 2.82. The highest BCUT2D eigenvalue weighted by atomic mass is 19.4. The molecule has 0 bridgehead atoms. The zero-order valence-corrected chi connectivity index (χ0v) is 15.5. The first-order valence-corrected chi connectivity index (χ1v) is 8.69. The van der Waals surface area contributed by atoms with E-state index in [0.717, 1.165) is 0 Å². The molecule has 2 heterocycles. The van der Waals surface area contributed by atoms with E-state index >= 15 is 0 Å². The van der Waals surface area contributed by atoms with Crippen molar-refractivity contribution in [2.75, 3.05) is 7.11 Å². The summed E-state index contributed by atoms with van der Waals surface area (Å²) in [5.74, 6) is 0.466. The Bertz CT molecular complexity index is 1160. The average Bonchev–Trinajstić information content (AvgIpc) is 3.23. The van der Waals surface area contributed by atoms with Gasteiger partial charge in [0.25, 0.3) is 0 Å². The standard InChI is InChI=1S/C20H14F3N5O2/c1-29-18-12-14(28-26-19(25-27-28)17-7-2-3-10-24-17)8-9-16(18)13-5-4-6-15(11-13)30-20(21,22)23/h2-12H,1H3. The van der Waals surface area contributed by atoms with Crippen molar-refractivity contribution in [1.29, 1.82) is 0 Å². The Morgan fingerprint density at radius 3 is 2.57 bits per heavy atom. The smallest absolute Gasteiger partial charge is 0.496 e. The molecule has 4 aromatic rings. The summed E-state index contributed by atoms with van der Waals surface area (Å²) in [6.07, 6.45) is -3.14. The van der Waals surface area contributed by atoms with Crippen LogP contribution in [0.2, 0.25) is 0 Å². The van der Waals surface area contributed by atoms with E-state index in [0.29, 0.717) is 34.1 Å². The van der Waals surface area contributed by atoms with Crippen LogP contribution in [0.15, 0.2) is 66.9 Å². The van der Waals surface area contributed by atoms with Crippen molar-refractivity contribution < 1.29 is 22.6 Å². The zero-order chi connectivity index (χ0) is 21.1. The summed E-state index contributed by atoms with van der Waals surface area (Å²) in [6, 6.07) is 16.1. The number of hydrogen-bond acceptors (Lipinski definition) is 6. The number of rotatable bonds is 5. The number of alkyl halides is 3. The van der Waals surface area contributed by atoms with Crippen LogP contribution in [-0.2, 0) is 0 Å². The summed E-state index contributed by atoms with van der Waals surface area (Å²) in [5.41, 5.74) is 2.22. The number of ether oxygens (including phenoxy) is 2. The number of halogens is 3. The van der Waals surface area contributed by atoms with Gasteiger partial charge in [0.15, 0.2) is 0 Å². The third-order valence-corrected chi connectivity index (χ3v) is 4.10. The van der Waals surface area contributed by atoms with Crippen molar-refractivity contribution >= 4 is 0 Å². The molecule has 0 unspecified atom stereocenters. The van der Waals surface area contributed by atoms with E-state index in [1.807, 2.05) is 6.07 Å². The van der Waals surface area contributed by atoms with Gasteiger partial charge in [-0.15, -0.1) is 28.2 Å². The molecule has 0 N–H and O–H groups in total. The lowest BCUT2D eigenvalue weighted by molar-refractivity contribution is -0.274. The van der Waals surface area contributed by atoms with Crippen LogP contribution in [0.25, 0.3) is 28.3 Å². The molecule has 0 radical (unpaired) electrons. The van der Waals surface area contributed by atoms with Crippen molar-refractivity contribution in [2.24, 2.45) is 0 Å². The Morgan fingerprint density at radius 1 is 0.967 bits per heavy atom. The molecule has 0 spiro atoms. The third kappa shape index (κ3) is 4.22. The van der Waals surface area contributed by atoms with Gasteiger partial charge in [-0.3, -0.25) is 4.98 Å². The first-order chi connectivity index (χ1) is 14.4. The van der Waals surface area contributed by atoms with Gasteiger partial charge in [-0.25, -0.2) is 0 Å². The molecule has 0 fully saturated rings. The average molecular weight is 413 g/mol. The molecule has 0 aliphatic carbocycles. The van der Waals surface area contributed by atoms with E-state index in [9.17, 15) is 13.2 Å². The third-order valence-electron chi connectivity index (χ3n) is 4.10. The highest BCUT2D eigenvalue weighted by Gasteiger charge is 2.31. The molecule has 30 heavy (non-hydrogen) atoms. The molecule has 2 aromatic heterocycles. The summed E-state index contributed by atoms with van der Waals surface area (Å²) >= 11 is 0. The molecular formula is C20H14F3N5O2. The fourth-order valence-corrected chi connectivity index (χ4v) is 2.82. The van der Waals surface area contributed by atoms with Gasteiger partial charge in [0.05, 0.1) is 12.8 Å². The van der Waals surface area contributed by atoms with E-state index in [-0.39, 0.29) is 5.75 Å². The second-order valence-corrected chi connectivity index (χ2v) is 6.08. The van der Waals surface area contributed by atoms with Gasteiger partial charge in [0, 0.05) is 17.8 Å². The first-order valence-electron chi connectivity index (χ1n) is 8.69. The SMILES string of the molecule is COc1cc(-n2nnc(-c3ccccn3)n2)ccc1-c1cccc(OC(F)(F)F)c1. The lowest BCUT2D eigenvalue weighted by atomic mass is 10.0. The van der Waals surface area contributed by atoms with Gasteiger partial charge in [-0.1, -0.05) is 18.2 Å². The van der Waals surface area contributed by atoms with Crippen LogP contribution in [0, 0.1) is 0 Å². The van der Waals surface area contributed by atoms with Gasteiger partial charge < -0.3 is 9.47 Å². The molecule has 0 saturated carbocycles. The molecule has 0 atom stereocenters. The van der Waals surface area contributed by atoms with Crippen LogP contribution in [-0.4, -0.2) is 38.7 Å². The zero-order valence-electron chi connectivity index (χ0n) is 15.5. The largest absolute Gasteiger partial charge is 0.573 e. The molecule has 0 aliphatic heterocycles. The Morgan fingerprint density at radius 2 is 1.83 bits per heavy atom. The van der Waals surface area contributed by atoms with Gasteiger partial charge in [0.2, 0.25) is 5.82 Å². The maximum Gasteiger partial charge on any atom is 0.573 e. The molecule has 2 aromatic carbocycles. The second-order valence-electron chi connectivity index (χ2n) is 6.08. The minimum Gasteiger partial charge on any atom is -0.496 e. The van der Waals surface area contributed by atoms with Crippen LogP contribution in [0.3, 0.4) is 0 Å². The number of hydrogen-bond donors (Lipinski definition) is 0. The van der Waals surface area contributed by atoms with Crippen LogP contribution in [0.1, 0.15) is 0 Å². The van der Waals surface area contributed by atoms with Crippen molar-refractivity contribution in [3.63, 3.8) is 0 Å². The van der Waals surface area contributed by atoms with Gasteiger partial charge in [-0.05, 0) is 47.2 Å². The number of methoxy groups -OCH3 is 1. The van der Waals surface area contributed by atoms with Gasteiger partial charge in [0.1, 0.15) is 17.2 Å². The van der Waals surface area contributed by atoms with Gasteiger partial charge >= 0.3 is 6.36 Å². The van der Waals surface area contributed by atoms with Gasteiger partial charge in [-0.2, -0.15) is 0 Å². The molecule has 10 heteroatoms. The highest BCUT2D eigenvalue weighted by Crippen LogP contribution is 2.34. The first kappa shape index (κ1) is 19.4. The molecular weight excluding hydrogens is 399 g/mol. The van der Waals surface area contributed by atoms with E-state index in [2.05, 4.69) is 25.1 Å². The quantitative estimate of drug-likeness (QED) is 0.486. The molecule has 7 nitrogen and oxygen atoms in total. The summed E-state index contributed by atoms with van der Waals surface area (Å²) in [5, 5.41) is 12.3. The minimum absolute atomic E-state index is 0.316. The Balaban J connectivity index is 1.66. The van der Waals surface area contributed by atoms with E-state index in [1.54, 1.807) is 42.6 Å². The number of pyridine rings is 1. The number of nitrogens with zero attached hydrogens (tertiary/aromatic N) is 5. The van der Waals surface area contributed by atoms with Crippen molar-refractivity contribution in [3.8, 4) is 39.8 Å². The molecule has 152 valence electrons. The lowest BCUT2D eigenvalue weighted by Gasteiger charge is -2.13. The minimum atomic E-state index is -4.77. The van der Waals surface area contributed by atoms with E-state index in [4.69, 9.17) is 4.74 Å². The summed E-state index contributed by atoms with van der Waals surface area (Å²) in [6.45, 7) is 0. The predicted molar refractivity (Wildman–Crippen MR) is 101 cm³/mol. The number of aromatic nitrogens is 5. The normalized spacial score (nSPS) is 11.3. The van der Waals surface area contributed by atoms with E-state index in [1.165, 1.54) is 30.1 Å². The van der Waals surface area contributed by atoms with Crippen molar-refractivity contribution in [3.05, 3.63) is 66.9 Å². The number of tetrazole rings is 1. The Hall–Kier alpha value is -3.95. The Kier molecular flexibility index (Phi) is 5.05. The maximum absolute atomic E-state index is 12.5. The van der Waals surface area contributed by atoms with Crippen molar-refractivity contribution in [1.82, 2.24) is 25.2 Å². The topological polar surface area (TPSA) is 75.0 Å². The lowest BCUT2D eigenvalue weighted by Crippen LogP contribution is -2.17. The summed E-state index contributed by atoms with van der Waals surface area (Å²) < 4.78 is 47.0. The molecule has 0 amide bonds. The number of benzene rings is 2. The second kappa shape index (κ2) is 7.82. The molecule has 0 aliphatic rings. The highest BCUT2D eigenvalue weighted by molar-refractivity contribution is 5.73. The van der Waals surface area contributed by atoms with E-state index < -0.39 is 6.36 Å². The Labute approximate surface area is 168 Å². The van der Waals surface area contributed by atoms with Crippen LogP contribution in [0.5, 0.6) is 11.5 Å². The molecule has 4 rings (SSSR count). The summed E-state index contributed by atoms with van der Waals surface area (Å²) in [7, 11) is 1.47. The predicted octanol–water partition coefficient (Wildman–Crippen LogP) is 4.30. The van der Waals surface area contributed by atoms with Crippen LogP contribution < -0.4 is 9.47 Å². The molecule has 0 saturated heterocycles. The maximum atomic E-state index is 12.5. The monoisotopic (exact) mass is 413 g/mol. The fraction of sp³-hybridized carbons (Fsp3) is 0.100. The summed E-state index contributed by atoms with van der Waals surface area (Å²) in [4.78, 5) is 5.50. The van der Waals surface area contributed by atoms with Crippen LogP contribution in [0.4, 0.5) is 13.2 Å². The van der Waals surface area contributed by atoms with Crippen LogP contribution >= 0.6 is 0 Å². The van der Waals surface area contributed by atoms with Crippen molar-refractivity contribution in [2.45, 2.75) is 6.36 Å².